The highest BCUT2D eigenvalue weighted by molar-refractivity contribution is 5.89. The van der Waals surface area contributed by atoms with Gasteiger partial charge in [-0.05, 0) is 31.4 Å². The molecule has 2 unspecified atom stereocenters. The Balaban J connectivity index is 2.03. The van der Waals surface area contributed by atoms with Crippen LogP contribution in [-0.2, 0) is 9.47 Å². The topological polar surface area (TPSA) is 78.7 Å². The van der Waals surface area contributed by atoms with Crippen LogP contribution in [0.2, 0.25) is 0 Å². The third-order valence-corrected chi connectivity index (χ3v) is 3.57. The standard InChI is InChI=1S/C14H16FNO5/c1-20-10-3-2-4-11(8-10)21-14(17)9-5-6-13(16(18)19)12(15)7-9/h5-7,10-11H,2-4,8H2,1H3. The van der Waals surface area contributed by atoms with Gasteiger partial charge in [-0.3, -0.25) is 10.1 Å². The van der Waals surface area contributed by atoms with Crippen LogP contribution in [0.5, 0.6) is 0 Å². The number of rotatable bonds is 4. The molecule has 1 saturated carbocycles. The highest BCUT2D eigenvalue weighted by Crippen LogP contribution is 2.25. The Morgan fingerprint density at radius 1 is 1.38 bits per heavy atom. The number of nitro groups is 1. The zero-order chi connectivity index (χ0) is 15.4. The maximum absolute atomic E-state index is 13.5. The van der Waals surface area contributed by atoms with Gasteiger partial charge in [-0.25, -0.2) is 4.79 Å². The average molecular weight is 297 g/mol. The highest BCUT2D eigenvalue weighted by Gasteiger charge is 2.26. The van der Waals surface area contributed by atoms with Gasteiger partial charge in [0.25, 0.3) is 0 Å². The summed E-state index contributed by atoms with van der Waals surface area (Å²) in [5.41, 5.74) is -0.693. The summed E-state index contributed by atoms with van der Waals surface area (Å²) < 4.78 is 24.0. The maximum Gasteiger partial charge on any atom is 0.338 e. The molecule has 0 spiro atoms. The summed E-state index contributed by atoms with van der Waals surface area (Å²) in [5.74, 6) is -1.72. The van der Waals surface area contributed by atoms with Gasteiger partial charge in [-0.15, -0.1) is 0 Å². The summed E-state index contributed by atoms with van der Waals surface area (Å²) >= 11 is 0. The molecule has 0 bridgehead atoms. The molecule has 0 amide bonds. The van der Waals surface area contributed by atoms with Crippen LogP contribution in [0.4, 0.5) is 10.1 Å². The first-order chi connectivity index (χ1) is 10.0. The molecule has 1 fully saturated rings. The molecule has 1 aromatic rings. The first kappa shape index (κ1) is 15.4. The van der Waals surface area contributed by atoms with Crippen LogP contribution in [0.3, 0.4) is 0 Å². The Hall–Kier alpha value is -2.02. The van der Waals surface area contributed by atoms with Crippen LogP contribution >= 0.6 is 0 Å². The third-order valence-electron chi connectivity index (χ3n) is 3.57. The Morgan fingerprint density at radius 3 is 2.71 bits per heavy atom. The van der Waals surface area contributed by atoms with E-state index < -0.39 is 22.4 Å². The van der Waals surface area contributed by atoms with Crippen LogP contribution < -0.4 is 0 Å². The Bertz CT molecular complexity index is 548. The number of carbonyl (C=O) groups excluding carboxylic acids is 1. The van der Waals surface area contributed by atoms with Crippen molar-refractivity contribution in [1.29, 1.82) is 0 Å². The van der Waals surface area contributed by atoms with Gasteiger partial charge in [0.15, 0.2) is 0 Å². The molecule has 0 radical (unpaired) electrons. The number of methoxy groups -OCH3 is 1. The van der Waals surface area contributed by atoms with Gasteiger partial charge < -0.3 is 9.47 Å². The van der Waals surface area contributed by atoms with Crippen molar-refractivity contribution in [3.8, 4) is 0 Å². The van der Waals surface area contributed by atoms with Crippen LogP contribution in [0.15, 0.2) is 18.2 Å². The van der Waals surface area contributed by atoms with Gasteiger partial charge in [0, 0.05) is 19.6 Å². The third kappa shape index (κ3) is 3.75. The quantitative estimate of drug-likeness (QED) is 0.485. The Morgan fingerprint density at radius 2 is 2.10 bits per heavy atom. The predicted molar refractivity (Wildman–Crippen MR) is 71.5 cm³/mol. The lowest BCUT2D eigenvalue weighted by Crippen LogP contribution is -2.29. The van der Waals surface area contributed by atoms with Crippen molar-refractivity contribution in [3.05, 3.63) is 39.7 Å². The van der Waals surface area contributed by atoms with Crippen molar-refractivity contribution in [3.63, 3.8) is 0 Å². The number of hydrogen-bond donors (Lipinski definition) is 0. The lowest BCUT2D eigenvalue weighted by molar-refractivity contribution is -0.387. The molecule has 0 aromatic heterocycles. The van der Waals surface area contributed by atoms with Gasteiger partial charge in [0.2, 0.25) is 5.82 Å². The maximum atomic E-state index is 13.5. The summed E-state index contributed by atoms with van der Waals surface area (Å²) in [7, 11) is 1.61. The van der Waals surface area contributed by atoms with Crippen LogP contribution in [-0.4, -0.2) is 30.2 Å². The van der Waals surface area contributed by atoms with E-state index in [0.29, 0.717) is 6.42 Å². The lowest BCUT2D eigenvalue weighted by atomic mass is 9.95. The molecular formula is C14H16FNO5. The van der Waals surface area contributed by atoms with E-state index in [1.54, 1.807) is 7.11 Å². The zero-order valence-corrected chi connectivity index (χ0v) is 11.6. The average Bonchev–Trinajstić information content (AvgIpc) is 2.46. The monoisotopic (exact) mass is 297 g/mol. The van der Waals surface area contributed by atoms with E-state index in [-0.39, 0.29) is 17.8 Å². The summed E-state index contributed by atoms with van der Waals surface area (Å²) in [5, 5.41) is 10.5. The molecule has 21 heavy (non-hydrogen) atoms. The van der Waals surface area contributed by atoms with Crippen LogP contribution in [0, 0.1) is 15.9 Å². The number of halogens is 1. The molecule has 6 nitrogen and oxygen atoms in total. The summed E-state index contributed by atoms with van der Waals surface area (Å²) in [4.78, 5) is 21.6. The molecule has 2 rings (SSSR count). The number of benzene rings is 1. The van der Waals surface area contributed by atoms with Crippen molar-refractivity contribution in [1.82, 2.24) is 0 Å². The molecule has 0 N–H and O–H groups in total. The minimum atomic E-state index is -1.05. The number of nitro benzene ring substituents is 1. The second kappa shape index (κ2) is 6.62. The number of carbonyl (C=O) groups is 1. The Kier molecular flexibility index (Phi) is 4.85. The molecule has 114 valence electrons. The SMILES string of the molecule is COC1CCCC(OC(=O)c2ccc([N+](=O)[O-])c(F)c2)C1. The molecule has 0 heterocycles. The molecule has 2 atom stereocenters. The molecule has 7 heteroatoms. The molecule has 0 saturated heterocycles. The normalized spacial score (nSPS) is 21.8. The van der Waals surface area contributed by atoms with E-state index in [0.717, 1.165) is 31.4 Å². The lowest BCUT2D eigenvalue weighted by Gasteiger charge is -2.27. The van der Waals surface area contributed by atoms with Crippen molar-refractivity contribution in [2.45, 2.75) is 37.9 Å². The van der Waals surface area contributed by atoms with Gasteiger partial charge >= 0.3 is 11.7 Å². The summed E-state index contributed by atoms with van der Waals surface area (Å²) in [6, 6.07) is 2.99. The van der Waals surface area contributed by atoms with E-state index >= 15 is 0 Å². The van der Waals surface area contributed by atoms with E-state index in [1.165, 1.54) is 6.07 Å². The Labute approximate surface area is 121 Å². The van der Waals surface area contributed by atoms with Gasteiger partial charge in [0.1, 0.15) is 6.10 Å². The molecule has 0 aliphatic heterocycles. The first-order valence-electron chi connectivity index (χ1n) is 6.69. The minimum absolute atomic E-state index is 0.0300. The van der Waals surface area contributed by atoms with Crippen molar-refractivity contribution >= 4 is 11.7 Å². The van der Waals surface area contributed by atoms with Gasteiger partial charge in [-0.2, -0.15) is 4.39 Å². The number of hydrogen-bond acceptors (Lipinski definition) is 5. The first-order valence-corrected chi connectivity index (χ1v) is 6.69. The highest BCUT2D eigenvalue weighted by atomic mass is 19.1. The molecular weight excluding hydrogens is 281 g/mol. The van der Waals surface area contributed by atoms with Crippen molar-refractivity contribution < 1.29 is 23.6 Å². The fraction of sp³-hybridized carbons (Fsp3) is 0.500. The largest absolute Gasteiger partial charge is 0.459 e. The number of ether oxygens (including phenoxy) is 2. The molecule has 1 aromatic carbocycles. The number of esters is 1. The minimum Gasteiger partial charge on any atom is -0.459 e. The van der Waals surface area contributed by atoms with E-state index in [2.05, 4.69) is 0 Å². The summed E-state index contributed by atoms with van der Waals surface area (Å²) in [6.07, 6.45) is 2.96. The van der Waals surface area contributed by atoms with Crippen molar-refractivity contribution in [2.24, 2.45) is 0 Å². The second-order valence-electron chi connectivity index (χ2n) is 4.97. The smallest absolute Gasteiger partial charge is 0.338 e. The van der Waals surface area contributed by atoms with Crippen LogP contribution in [0.1, 0.15) is 36.0 Å². The fourth-order valence-corrected chi connectivity index (χ4v) is 2.42. The number of nitrogens with zero attached hydrogens (tertiary/aromatic N) is 1. The zero-order valence-electron chi connectivity index (χ0n) is 11.6. The van der Waals surface area contributed by atoms with E-state index in [4.69, 9.17) is 9.47 Å². The van der Waals surface area contributed by atoms with Crippen LogP contribution in [0.25, 0.3) is 0 Å². The van der Waals surface area contributed by atoms with Gasteiger partial charge in [-0.1, -0.05) is 0 Å². The predicted octanol–water partition coefficient (Wildman–Crippen LogP) is 2.85. The molecule has 1 aliphatic rings. The molecule has 1 aliphatic carbocycles. The fourth-order valence-electron chi connectivity index (χ4n) is 2.42. The van der Waals surface area contributed by atoms with Crippen molar-refractivity contribution in [2.75, 3.05) is 7.11 Å². The van der Waals surface area contributed by atoms with E-state index in [9.17, 15) is 19.3 Å². The van der Waals surface area contributed by atoms with Gasteiger partial charge in [0.05, 0.1) is 16.6 Å². The van der Waals surface area contributed by atoms with E-state index in [1.807, 2.05) is 0 Å². The second-order valence-corrected chi connectivity index (χ2v) is 4.97. The summed E-state index contributed by atoms with van der Waals surface area (Å²) in [6.45, 7) is 0.